The van der Waals surface area contributed by atoms with Crippen molar-refractivity contribution in [2.75, 3.05) is 13.1 Å². The molecule has 0 radical (unpaired) electrons. The van der Waals surface area contributed by atoms with Crippen LogP contribution in [0.25, 0.3) is 11.1 Å². The van der Waals surface area contributed by atoms with Crippen molar-refractivity contribution in [1.82, 2.24) is 15.1 Å². The number of H-pyrrole nitrogens is 1. The summed E-state index contributed by atoms with van der Waals surface area (Å²) >= 11 is 6.10. The number of rotatable bonds is 5. The summed E-state index contributed by atoms with van der Waals surface area (Å²) in [5, 5.41) is 7.76. The molecule has 8 heteroatoms. The molecule has 1 aliphatic carbocycles. The lowest BCUT2D eigenvalue weighted by Gasteiger charge is -2.21. The minimum absolute atomic E-state index is 0.237. The van der Waals surface area contributed by atoms with E-state index in [0.717, 1.165) is 41.3 Å². The van der Waals surface area contributed by atoms with Gasteiger partial charge >= 0.3 is 6.09 Å². The number of amides is 1. The summed E-state index contributed by atoms with van der Waals surface area (Å²) in [6.45, 7) is 2.42. The van der Waals surface area contributed by atoms with Crippen molar-refractivity contribution in [1.29, 1.82) is 0 Å². The first-order valence-corrected chi connectivity index (χ1v) is 10.1. The second kappa shape index (κ2) is 8.44. The van der Waals surface area contributed by atoms with Crippen molar-refractivity contribution in [3.63, 3.8) is 0 Å². The molecule has 156 valence electrons. The Balaban J connectivity index is 1.50. The average molecular weight is 432 g/mol. The average Bonchev–Trinajstić information content (AvgIpc) is 3.12. The van der Waals surface area contributed by atoms with E-state index in [4.69, 9.17) is 16.3 Å². The second-order valence-electron chi connectivity index (χ2n) is 7.11. The van der Waals surface area contributed by atoms with Crippen molar-refractivity contribution < 1.29 is 18.3 Å². The molecule has 0 spiro atoms. The van der Waals surface area contributed by atoms with Gasteiger partial charge in [0.15, 0.2) is 0 Å². The van der Waals surface area contributed by atoms with Gasteiger partial charge in [-0.1, -0.05) is 23.7 Å². The molecule has 1 aromatic heterocycles. The molecule has 30 heavy (non-hydrogen) atoms. The van der Waals surface area contributed by atoms with E-state index in [-0.39, 0.29) is 18.8 Å². The highest BCUT2D eigenvalue weighted by atomic mass is 35.5. The Morgan fingerprint density at radius 3 is 2.83 bits per heavy atom. The van der Waals surface area contributed by atoms with Crippen LogP contribution in [0.3, 0.4) is 0 Å². The molecule has 0 aliphatic heterocycles. The number of fused-ring (bicyclic) bond motifs is 3. The lowest BCUT2D eigenvalue weighted by Crippen LogP contribution is -2.35. The van der Waals surface area contributed by atoms with Crippen LogP contribution in [0.15, 0.2) is 36.4 Å². The Hall–Kier alpha value is -2.93. The second-order valence-corrected chi connectivity index (χ2v) is 7.55. The topological polar surface area (TPSA) is 58.2 Å². The number of ether oxygens (including phenoxy) is 1. The maximum Gasteiger partial charge on any atom is 0.416 e. The normalized spacial score (nSPS) is 12.3. The largest absolute Gasteiger partial charge is 0.416 e. The molecule has 4 rings (SSSR count). The molecule has 0 saturated heterocycles. The van der Waals surface area contributed by atoms with E-state index in [1.807, 2.05) is 19.1 Å². The summed E-state index contributed by atoms with van der Waals surface area (Å²) < 4.78 is 32.6. The molecule has 0 fully saturated rings. The van der Waals surface area contributed by atoms with Gasteiger partial charge in [-0.25, -0.2) is 18.7 Å². The van der Waals surface area contributed by atoms with Gasteiger partial charge < -0.3 is 9.64 Å². The molecule has 0 bridgehead atoms. The quantitative estimate of drug-likeness (QED) is 0.606. The molecule has 0 saturated carbocycles. The first-order chi connectivity index (χ1) is 14.5. The predicted molar refractivity (Wildman–Crippen MR) is 110 cm³/mol. The summed E-state index contributed by atoms with van der Waals surface area (Å²) in [6, 6.07) is 9.03. The van der Waals surface area contributed by atoms with E-state index in [0.29, 0.717) is 17.1 Å². The van der Waals surface area contributed by atoms with Crippen molar-refractivity contribution >= 4 is 17.7 Å². The molecule has 3 aromatic rings. The lowest BCUT2D eigenvalue weighted by atomic mass is 9.90. The zero-order valence-corrected chi connectivity index (χ0v) is 17.1. The number of aromatic amines is 1. The van der Waals surface area contributed by atoms with Crippen molar-refractivity contribution in [2.24, 2.45) is 0 Å². The highest BCUT2D eigenvalue weighted by Gasteiger charge is 2.26. The highest BCUT2D eigenvalue weighted by Crippen LogP contribution is 2.39. The van der Waals surface area contributed by atoms with E-state index in [9.17, 15) is 13.6 Å². The third kappa shape index (κ3) is 4.03. The van der Waals surface area contributed by atoms with Gasteiger partial charge in [0, 0.05) is 24.2 Å². The van der Waals surface area contributed by atoms with Crippen LogP contribution >= 0.6 is 11.6 Å². The zero-order valence-electron chi connectivity index (χ0n) is 16.3. The van der Waals surface area contributed by atoms with Crippen LogP contribution in [0.1, 0.15) is 23.7 Å². The molecule has 1 amide bonds. The van der Waals surface area contributed by atoms with E-state index in [1.54, 1.807) is 6.07 Å². The lowest BCUT2D eigenvalue weighted by molar-refractivity contribution is 0.153. The number of hydrogen-bond donors (Lipinski definition) is 1. The van der Waals surface area contributed by atoms with Crippen LogP contribution in [0, 0.1) is 11.6 Å². The smallest absolute Gasteiger partial charge is 0.391 e. The van der Waals surface area contributed by atoms with Crippen LogP contribution < -0.4 is 4.74 Å². The predicted octanol–water partition coefficient (Wildman–Crippen LogP) is 5.17. The van der Waals surface area contributed by atoms with Gasteiger partial charge in [-0.3, -0.25) is 0 Å². The molecule has 0 atom stereocenters. The Labute approximate surface area is 177 Å². The number of carbonyl (C=O) groups is 1. The van der Waals surface area contributed by atoms with Crippen LogP contribution in [0.4, 0.5) is 13.6 Å². The highest BCUT2D eigenvalue weighted by molar-refractivity contribution is 6.30. The van der Waals surface area contributed by atoms with Gasteiger partial charge in [-0.2, -0.15) is 5.10 Å². The number of carbonyl (C=O) groups excluding carboxylic acids is 1. The monoisotopic (exact) mass is 431 g/mol. The van der Waals surface area contributed by atoms with Crippen LogP contribution in [-0.4, -0.2) is 34.3 Å². The molecule has 5 nitrogen and oxygen atoms in total. The Kier molecular flexibility index (Phi) is 5.72. The third-order valence-corrected chi connectivity index (χ3v) is 5.51. The first-order valence-electron chi connectivity index (χ1n) is 9.73. The van der Waals surface area contributed by atoms with Crippen molar-refractivity contribution in [3.05, 3.63) is 69.9 Å². The van der Waals surface area contributed by atoms with Gasteiger partial charge in [0.25, 0.3) is 0 Å². The van der Waals surface area contributed by atoms with E-state index >= 15 is 0 Å². The molecule has 2 aromatic carbocycles. The molecule has 1 N–H and O–H groups in total. The fraction of sp³-hybridized carbons (Fsp3) is 0.273. The summed E-state index contributed by atoms with van der Waals surface area (Å²) in [7, 11) is 0. The van der Waals surface area contributed by atoms with Crippen LogP contribution in [-0.2, 0) is 19.3 Å². The van der Waals surface area contributed by atoms with Gasteiger partial charge in [0.2, 0.25) is 5.88 Å². The number of benzene rings is 2. The van der Waals surface area contributed by atoms with E-state index in [2.05, 4.69) is 10.2 Å². The number of aromatic nitrogens is 2. The fourth-order valence-corrected chi connectivity index (χ4v) is 3.86. The van der Waals surface area contributed by atoms with Crippen LogP contribution in [0.2, 0.25) is 5.02 Å². The van der Waals surface area contributed by atoms with Crippen LogP contribution in [0.5, 0.6) is 5.88 Å². The summed E-state index contributed by atoms with van der Waals surface area (Å²) in [6.07, 6.45) is 1.22. The van der Waals surface area contributed by atoms with E-state index in [1.165, 1.54) is 17.0 Å². The number of aryl methyl sites for hydroxylation is 2. The number of likely N-dealkylation sites (N-methyl/N-ethyl adjacent to an activating group) is 1. The summed E-state index contributed by atoms with van der Waals surface area (Å²) in [5.74, 6) is -0.976. The summed E-state index contributed by atoms with van der Waals surface area (Å²) in [4.78, 5) is 14.2. The molecule has 0 unspecified atom stereocenters. The number of hydrogen-bond acceptors (Lipinski definition) is 3. The number of nitrogens with zero attached hydrogens (tertiary/aromatic N) is 2. The summed E-state index contributed by atoms with van der Waals surface area (Å²) in [5.41, 5.74) is 3.96. The van der Waals surface area contributed by atoms with Crippen molar-refractivity contribution in [2.45, 2.75) is 26.2 Å². The number of nitrogens with one attached hydrogen (secondary N) is 1. The Morgan fingerprint density at radius 1 is 1.23 bits per heavy atom. The first kappa shape index (κ1) is 20.3. The Bertz CT molecular complexity index is 1100. The minimum atomic E-state index is -0.631. The minimum Gasteiger partial charge on any atom is -0.391 e. The Morgan fingerprint density at radius 2 is 2.07 bits per heavy atom. The third-order valence-electron chi connectivity index (χ3n) is 5.27. The molecular formula is C22H20ClF2N3O2. The SMILES string of the molecule is CCN(CCc1ccc(F)cc1F)C(=O)Oc1[nH]nc2c1-c1ccc(Cl)cc1CC2. The molecular weight excluding hydrogens is 412 g/mol. The maximum atomic E-state index is 13.9. The van der Waals surface area contributed by atoms with Gasteiger partial charge in [-0.05, 0) is 61.1 Å². The number of halogens is 3. The fourth-order valence-electron chi connectivity index (χ4n) is 3.67. The van der Waals surface area contributed by atoms with Crippen molar-refractivity contribution in [3.8, 4) is 17.0 Å². The maximum absolute atomic E-state index is 13.9. The van der Waals surface area contributed by atoms with Gasteiger partial charge in [0.05, 0.1) is 11.3 Å². The zero-order chi connectivity index (χ0) is 21.3. The standard InChI is InChI=1S/C22H20ClF2N3O2/c1-2-28(10-9-13-3-6-16(24)12-18(13)25)22(29)30-21-20-17-7-5-15(23)11-14(17)4-8-19(20)26-27-21/h3,5-7,11-12H,2,4,8-10H2,1H3,(H,26,27). The van der Waals surface area contributed by atoms with Gasteiger partial charge in [0.1, 0.15) is 11.6 Å². The molecule has 1 heterocycles. The molecule has 1 aliphatic rings. The van der Waals surface area contributed by atoms with E-state index < -0.39 is 17.7 Å². The van der Waals surface area contributed by atoms with Gasteiger partial charge in [-0.15, -0.1) is 0 Å².